The average Bonchev–Trinajstić information content (AvgIpc) is 3.21. The molecule has 2 heterocycles. The molecule has 2 aromatic heterocycles. The predicted molar refractivity (Wildman–Crippen MR) is 110 cm³/mol. The van der Waals surface area contributed by atoms with Crippen molar-refractivity contribution in [3.05, 3.63) is 40.8 Å². The molecule has 7 nitrogen and oxygen atoms in total. The minimum absolute atomic E-state index is 0.0887. The van der Waals surface area contributed by atoms with E-state index < -0.39 is 0 Å². The van der Waals surface area contributed by atoms with Crippen molar-refractivity contribution in [3.8, 4) is 11.3 Å². The maximum atomic E-state index is 11.9. The lowest BCUT2D eigenvalue weighted by Gasteiger charge is -2.10. The van der Waals surface area contributed by atoms with Crippen LogP contribution in [0.25, 0.3) is 11.3 Å². The maximum Gasteiger partial charge on any atom is 0.267 e. The van der Waals surface area contributed by atoms with Crippen molar-refractivity contribution in [2.45, 2.75) is 52.0 Å². The number of likely N-dealkylation sites (N-methyl/N-ethyl adjacent to an activating group) is 1. The third-order valence-corrected chi connectivity index (χ3v) is 5.16. The second-order valence-corrected chi connectivity index (χ2v) is 7.32. The highest BCUT2D eigenvalue weighted by Crippen LogP contribution is 2.28. The van der Waals surface area contributed by atoms with E-state index in [4.69, 9.17) is 0 Å². The van der Waals surface area contributed by atoms with Crippen LogP contribution in [0.15, 0.2) is 35.3 Å². The molecular weight excluding hydrogens is 354 g/mol. The van der Waals surface area contributed by atoms with Crippen molar-refractivity contribution in [1.82, 2.24) is 20.1 Å². The van der Waals surface area contributed by atoms with Crippen molar-refractivity contribution in [3.63, 3.8) is 0 Å². The Balaban J connectivity index is 1.56. The van der Waals surface area contributed by atoms with Crippen molar-refractivity contribution in [2.24, 2.45) is 5.92 Å². The van der Waals surface area contributed by atoms with Crippen LogP contribution < -0.4 is 16.2 Å². The molecule has 0 radical (unpaired) electrons. The van der Waals surface area contributed by atoms with E-state index in [1.54, 1.807) is 12.3 Å². The highest BCUT2D eigenvalue weighted by atomic mass is 16.2. The van der Waals surface area contributed by atoms with Crippen LogP contribution in [-0.2, 0) is 11.3 Å². The summed E-state index contributed by atoms with van der Waals surface area (Å²) in [6, 6.07) is 6.93. The number of carbonyl (C=O) groups is 1. The van der Waals surface area contributed by atoms with Gasteiger partial charge in [0.15, 0.2) is 0 Å². The Hall–Kier alpha value is -2.70. The standard InChI is InChI=1S/C21H29N5O2/c1-2-22-20(27)15-26-21(28)12-10-18(25-26)17-9-11-19(24-14-17)23-13-5-8-16-6-3-4-7-16/h9-12,14,16H,2-8,13,15H2,1H3,(H,22,27)(H,23,24). The zero-order valence-electron chi connectivity index (χ0n) is 16.5. The lowest BCUT2D eigenvalue weighted by atomic mass is 10.0. The van der Waals surface area contributed by atoms with E-state index in [0.717, 1.165) is 23.8 Å². The molecule has 1 fully saturated rings. The van der Waals surface area contributed by atoms with Gasteiger partial charge in [-0.05, 0) is 43.9 Å². The van der Waals surface area contributed by atoms with E-state index in [9.17, 15) is 9.59 Å². The molecule has 1 aliphatic rings. The van der Waals surface area contributed by atoms with Gasteiger partial charge in [-0.2, -0.15) is 5.10 Å². The van der Waals surface area contributed by atoms with Crippen LogP contribution in [0.2, 0.25) is 0 Å². The Morgan fingerprint density at radius 3 is 2.75 bits per heavy atom. The maximum absolute atomic E-state index is 11.9. The molecule has 1 aliphatic carbocycles. The van der Waals surface area contributed by atoms with E-state index >= 15 is 0 Å². The molecule has 2 aromatic rings. The molecule has 0 bridgehead atoms. The Morgan fingerprint density at radius 1 is 1.21 bits per heavy atom. The van der Waals surface area contributed by atoms with E-state index in [2.05, 4.69) is 20.7 Å². The van der Waals surface area contributed by atoms with Crippen LogP contribution in [0.3, 0.4) is 0 Å². The van der Waals surface area contributed by atoms with Gasteiger partial charge in [-0.3, -0.25) is 9.59 Å². The molecule has 2 N–H and O–H groups in total. The molecule has 7 heteroatoms. The Labute approximate surface area is 165 Å². The normalized spacial score (nSPS) is 14.2. The first-order chi connectivity index (χ1) is 13.7. The summed E-state index contributed by atoms with van der Waals surface area (Å²) in [5.74, 6) is 1.52. The molecule has 1 saturated carbocycles. The van der Waals surface area contributed by atoms with Gasteiger partial charge in [0.05, 0.1) is 5.69 Å². The number of anilines is 1. The number of nitrogens with zero attached hydrogens (tertiary/aromatic N) is 3. The molecule has 0 saturated heterocycles. The van der Waals surface area contributed by atoms with E-state index in [-0.39, 0.29) is 18.0 Å². The molecule has 3 rings (SSSR count). The molecule has 150 valence electrons. The number of amides is 1. The second kappa shape index (κ2) is 10.0. The third-order valence-electron chi connectivity index (χ3n) is 5.16. The molecule has 0 aromatic carbocycles. The van der Waals surface area contributed by atoms with E-state index in [0.29, 0.717) is 12.2 Å². The van der Waals surface area contributed by atoms with Crippen LogP contribution in [-0.4, -0.2) is 33.8 Å². The van der Waals surface area contributed by atoms with Crippen LogP contribution in [0, 0.1) is 5.92 Å². The number of carbonyl (C=O) groups excluding carboxylic acids is 1. The highest BCUT2D eigenvalue weighted by Gasteiger charge is 2.14. The van der Waals surface area contributed by atoms with Crippen molar-refractivity contribution in [1.29, 1.82) is 0 Å². The van der Waals surface area contributed by atoms with Crippen molar-refractivity contribution in [2.75, 3.05) is 18.4 Å². The number of aromatic nitrogens is 3. The second-order valence-electron chi connectivity index (χ2n) is 7.32. The number of hydrogen-bond donors (Lipinski definition) is 2. The Morgan fingerprint density at radius 2 is 2.04 bits per heavy atom. The summed E-state index contributed by atoms with van der Waals surface area (Å²) >= 11 is 0. The SMILES string of the molecule is CCNC(=O)Cn1nc(-c2ccc(NCCCC3CCCC3)nc2)ccc1=O. The minimum Gasteiger partial charge on any atom is -0.370 e. The summed E-state index contributed by atoms with van der Waals surface area (Å²) in [6.45, 7) is 3.19. The summed E-state index contributed by atoms with van der Waals surface area (Å²) in [6.07, 6.45) is 9.77. The van der Waals surface area contributed by atoms with Crippen molar-refractivity contribution < 1.29 is 4.79 Å². The highest BCUT2D eigenvalue weighted by molar-refractivity contribution is 5.75. The van der Waals surface area contributed by atoms with Crippen LogP contribution >= 0.6 is 0 Å². The number of pyridine rings is 1. The summed E-state index contributed by atoms with van der Waals surface area (Å²) in [5, 5.41) is 10.3. The smallest absolute Gasteiger partial charge is 0.267 e. The number of nitrogens with one attached hydrogen (secondary N) is 2. The molecule has 1 amide bonds. The van der Waals surface area contributed by atoms with E-state index in [1.165, 1.54) is 49.3 Å². The zero-order valence-corrected chi connectivity index (χ0v) is 16.5. The topological polar surface area (TPSA) is 88.9 Å². The molecule has 28 heavy (non-hydrogen) atoms. The van der Waals surface area contributed by atoms with Crippen molar-refractivity contribution >= 4 is 11.7 Å². The summed E-state index contributed by atoms with van der Waals surface area (Å²) < 4.78 is 1.18. The molecule has 0 unspecified atom stereocenters. The lowest BCUT2D eigenvalue weighted by molar-refractivity contribution is -0.121. The summed E-state index contributed by atoms with van der Waals surface area (Å²) in [5.41, 5.74) is 1.12. The fourth-order valence-corrected chi connectivity index (χ4v) is 3.66. The quantitative estimate of drug-likeness (QED) is 0.650. The van der Waals surface area contributed by atoms with Gasteiger partial charge in [0.25, 0.3) is 5.56 Å². The molecular formula is C21H29N5O2. The monoisotopic (exact) mass is 383 g/mol. The lowest BCUT2D eigenvalue weighted by Crippen LogP contribution is -2.33. The molecule has 0 aliphatic heterocycles. The van der Waals surface area contributed by atoms with Gasteiger partial charge in [-0.1, -0.05) is 25.7 Å². The van der Waals surface area contributed by atoms with Crippen LogP contribution in [0.4, 0.5) is 5.82 Å². The molecule has 0 spiro atoms. The van der Waals surface area contributed by atoms with Crippen LogP contribution in [0.1, 0.15) is 45.4 Å². The van der Waals surface area contributed by atoms with Gasteiger partial charge in [0.2, 0.25) is 5.91 Å². The molecule has 0 atom stereocenters. The minimum atomic E-state index is -0.302. The van der Waals surface area contributed by atoms with Gasteiger partial charge in [0, 0.05) is 30.9 Å². The average molecular weight is 383 g/mol. The first-order valence-electron chi connectivity index (χ1n) is 10.2. The number of rotatable bonds is 9. The van der Waals surface area contributed by atoms with Gasteiger partial charge < -0.3 is 10.6 Å². The van der Waals surface area contributed by atoms with Gasteiger partial charge in [-0.15, -0.1) is 0 Å². The van der Waals surface area contributed by atoms with Gasteiger partial charge in [0.1, 0.15) is 12.4 Å². The largest absolute Gasteiger partial charge is 0.370 e. The fraction of sp³-hybridized carbons (Fsp3) is 0.524. The van der Waals surface area contributed by atoms with E-state index in [1.807, 2.05) is 19.1 Å². The summed E-state index contributed by atoms with van der Waals surface area (Å²) in [7, 11) is 0. The first kappa shape index (κ1) is 20.0. The zero-order chi connectivity index (χ0) is 19.8. The Kier molecular flexibility index (Phi) is 7.17. The first-order valence-corrected chi connectivity index (χ1v) is 10.2. The fourth-order valence-electron chi connectivity index (χ4n) is 3.66. The predicted octanol–water partition coefficient (Wildman–Crippen LogP) is 2.82. The van der Waals surface area contributed by atoms with Gasteiger partial charge >= 0.3 is 0 Å². The Bertz CT molecular complexity index is 825. The van der Waals surface area contributed by atoms with Gasteiger partial charge in [-0.25, -0.2) is 9.67 Å². The van der Waals surface area contributed by atoms with Crippen LogP contribution in [0.5, 0.6) is 0 Å². The number of hydrogen-bond acceptors (Lipinski definition) is 5. The summed E-state index contributed by atoms with van der Waals surface area (Å²) in [4.78, 5) is 28.1. The third kappa shape index (κ3) is 5.65.